The van der Waals surface area contributed by atoms with Gasteiger partial charge in [-0.05, 0) is 25.3 Å². The van der Waals surface area contributed by atoms with Gasteiger partial charge in [0.25, 0.3) is 0 Å². The zero-order valence-corrected chi connectivity index (χ0v) is 9.69. The van der Waals surface area contributed by atoms with Gasteiger partial charge in [0, 0.05) is 27.8 Å². The molecule has 0 radical (unpaired) electrons. The summed E-state index contributed by atoms with van der Waals surface area (Å²) in [6.45, 7) is 7.42. The molecule has 2 nitrogen and oxygen atoms in total. The molecule has 0 heterocycles. The van der Waals surface area contributed by atoms with Crippen molar-refractivity contribution in [1.29, 1.82) is 0 Å². The van der Waals surface area contributed by atoms with Crippen molar-refractivity contribution < 1.29 is 4.21 Å². The fourth-order valence-corrected chi connectivity index (χ4v) is 3.76. The summed E-state index contributed by atoms with van der Waals surface area (Å²) in [5.41, 5.74) is 0. The molecule has 78 valence electrons. The lowest BCUT2D eigenvalue weighted by Crippen LogP contribution is -2.35. The van der Waals surface area contributed by atoms with Crippen LogP contribution >= 0.6 is 0 Å². The van der Waals surface area contributed by atoms with Crippen molar-refractivity contribution in [2.45, 2.75) is 44.9 Å². The molecule has 0 aromatic carbocycles. The van der Waals surface area contributed by atoms with Crippen LogP contribution in [0.3, 0.4) is 0 Å². The molecule has 1 aliphatic rings. The van der Waals surface area contributed by atoms with Gasteiger partial charge in [-0.15, -0.1) is 0 Å². The molecular formula is C10H21NOS. The molecule has 0 aromatic heterocycles. The quantitative estimate of drug-likeness (QED) is 0.751. The maximum atomic E-state index is 11.7. The summed E-state index contributed by atoms with van der Waals surface area (Å²) >= 11 is 0. The molecule has 0 bridgehead atoms. The highest BCUT2D eigenvalue weighted by Gasteiger charge is 2.34. The molecule has 4 atom stereocenters. The SMILES string of the molecule is CCNC1CCC(S(=O)CC)C1C. The molecule has 0 saturated heterocycles. The van der Waals surface area contributed by atoms with Crippen LogP contribution in [-0.2, 0) is 10.8 Å². The zero-order valence-electron chi connectivity index (χ0n) is 8.88. The molecule has 0 spiro atoms. The van der Waals surface area contributed by atoms with Crippen LogP contribution in [0.25, 0.3) is 0 Å². The molecule has 1 saturated carbocycles. The van der Waals surface area contributed by atoms with E-state index < -0.39 is 10.8 Å². The van der Waals surface area contributed by atoms with E-state index in [-0.39, 0.29) is 0 Å². The largest absolute Gasteiger partial charge is 0.314 e. The van der Waals surface area contributed by atoms with Gasteiger partial charge in [-0.2, -0.15) is 0 Å². The molecule has 1 N–H and O–H groups in total. The van der Waals surface area contributed by atoms with Gasteiger partial charge in [0.1, 0.15) is 0 Å². The van der Waals surface area contributed by atoms with Crippen LogP contribution < -0.4 is 5.32 Å². The van der Waals surface area contributed by atoms with Crippen molar-refractivity contribution in [2.75, 3.05) is 12.3 Å². The highest BCUT2D eigenvalue weighted by molar-refractivity contribution is 7.85. The van der Waals surface area contributed by atoms with Gasteiger partial charge in [-0.25, -0.2) is 0 Å². The minimum Gasteiger partial charge on any atom is -0.314 e. The van der Waals surface area contributed by atoms with Crippen molar-refractivity contribution in [1.82, 2.24) is 5.32 Å². The lowest BCUT2D eigenvalue weighted by molar-refractivity contribution is 0.439. The van der Waals surface area contributed by atoms with E-state index in [1.807, 2.05) is 6.92 Å². The Morgan fingerprint density at radius 2 is 2.08 bits per heavy atom. The molecule has 4 unspecified atom stereocenters. The van der Waals surface area contributed by atoms with Gasteiger partial charge in [0.15, 0.2) is 0 Å². The van der Waals surface area contributed by atoms with Crippen LogP contribution in [0.2, 0.25) is 0 Å². The minimum atomic E-state index is -0.597. The summed E-state index contributed by atoms with van der Waals surface area (Å²) in [6, 6.07) is 0.602. The third kappa shape index (κ3) is 2.53. The Hall–Kier alpha value is 0.110. The first-order valence-corrected chi connectivity index (χ1v) is 6.69. The lowest BCUT2D eigenvalue weighted by atomic mass is 10.1. The summed E-state index contributed by atoms with van der Waals surface area (Å²) in [5.74, 6) is 1.40. The molecular weight excluding hydrogens is 182 g/mol. The van der Waals surface area contributed by atoms with Crippen molar-refractivity contribution in [3.05, 3.63) is 0 Å². The monoisotopic (exact) mass is 203 g/mol. The van der Waals surface area contributed by atoms with Crippen LogP contribution in [0.15, 0.2) is 0 Å². The summed E-state index contributed by atoms with van der Waals surface area (Å²) in [4.78, 5) is 0. The summed E-state index contributed by atoms with van der Waals surface area (Å²) in [6.07, 6.45) is 2.34. The smallest absolute Gasteiger partial charge is 0.0388 e. The van der Waals surface area contributed by atoms with Gasteiger partial charge in [-0.1, -0.05) is 20.8 Å². The van der Waals surface area contributed by atoms with E-state index in [0.29, 0.717) is 17.2 Å². The average Bonchev–Trinajstić information content (AvgIpc) is 2.48. The average molecular weight is 203 g/mol. The second-order valence-corrected chi connectivity index (χ2v) is 5.75. The first-order valence-electron chi connectivity index (χ1n) is 5.31. The maximum absolute atomic E-state index is 11.7. The highest BCUT2D eigenvalue weighted by atomic mass is 32.2. The molecule has 0 amide bonds. The van der Waals surface area contributed by atoms with Gasteiger partial charge in [0.2, 0.25) is 0 Å². The summed E-state index contributed by atoms with van der Waals surface area (Å²) in [7, 11) is -0.597. The fourth-order valence-electron chi connectivity index (χ4n) is 2.26. The first-order chi connectivity index (χ1) is 6.20. The molecule has 1 rings (SSSR count). The van der Waals surface area contributed by atoms with Crippen molar-refractivity contribution in [2.24, 2.45) is 5.92 Å². The van der Waals surface area contributed by atoms with Crippen LogP contribution in [0.5, 0.6) is 0 Å². The van der Waals surface area contributed by atoms with Gasteiger partial charge in [0.05, 0.1) is 0 Å². The van der Waals surface area contributed by atoms with E-state index in [1.165, 1.54) is 6.42 Å². The normalized spacial score (nSPS) is 36.4. The van der Waals surface area contributed by atoms with Gasteiger partial charge < -0.3 is 5.32 Å². The lowest BCUT2D eigenvalue weighted by Gasteiger charge is -2.20. The molecule has 1 aliphatic carbocycles. The molecule has 13 heavy (non-hydrogen) atoms. The first kappa shape index (κ1) is 11.2. The molecule has 0 aromatic rings. The second kappa shape index (κ2) is 5.11. The zero-order chi connectivity index (χ0) is 9.84. The van der Waals surface area contributed by atoms with E-state index in [0.717, 1.165) is 18.7 Å². The van der Waals surface area contributed by atoms with E-state index in [2.05, 4.69) is 19.2 Å². The Balaban J connectivity index is 2.49. The predicted molar refractivity (Wildman–Crippen MR) is 58.3 cm³/mol. The minimum absolute atomic E-state index is 0.439. The summed E-state index contributed by atoms with van der Waals surface area (Å²) < 4.78 is 11.7. The fraction of sp³-hybridized carbons (Fsp3) is 1.00. The number of nitrogens with one attached hydrogen (secondary N) is 1. The van der Waals surface area contributed by atoms with Gasteiger partial charge in [-0.3, -0.25) is 4.21 Å². The molecule has 0 aliphatic heterocycles. The van der Waals surface area contributed by atoms with Crippen LogP contribution in [0.1, 0.15) is 33.6 Å². The van der Waals surface area contributed by atoms with Crippen LogP contribution in [-0.4, -0.2) is 27.8 Å². The van der Waals surface area contributed by atoms with Crippen molar-refractivity contribution in [3.8, 4) is 0 Å². The van der Waals surface area contributed by atoms with Crippen molar-refractivity contribution >= 4 is 10.8 Å². The Bertz CT molecular complexity index is 184. The highest BCUT2D eigenvalue weighted by Crippen LogP contribution is 2.29. The van der Waals surface area contributed by atoms with Crippen molar-refractivity contribution in [3.63, 3.8) is 0 Å². The van der Waals surface area contributed by atoms with E-state index in [1.54, 1.807) is 0 Å². The third-order valence-corrected chi connectivity index (χ3v) is 4.98. The van der Waals surface area contributed by atoms with E-state index in [4.69, 9.17) is 0 Å². The van der Waals surface area contributed by atoms with E-state index in [9.17, 15) is 4.21 Å². The van der Waals surface area contributed by atoms with Gasteiger partial charge >= 0.3 is 0 Å². The Morgan fingerprint density at radius 3 is 2.62 bits per heavy atom. The van der Waals surface area contributed by atoms with Crippen LogP contribution in [0.4, 0.5) is 0 Å². The summed E-state index contributed by atoms with van der Waals surface area (Å²) in [5, 5.41) is 3.91. The molecule has 3 heteroatoms. The number of hydrogen-bond acceptors (Lipinski definition) is 2. The third-order valence-electron chi connectivity index (χ3n) is 3.07. The second-order valence-electron chi connectivity index (χ2n) is 3.81. The number of hydrogen-bond donors (Lipinski definition) is 1. The Morgan fingerprint density at radius 1 is 1.38 bits per heavy atom. The van der Waals surface area contributed by atoms with E-state index >= 15 is 0 Å². The Labute approximate surface area is 83.9 Å². The van der Waals surface area contributed by atoms with Crippen LogP contribution in [0, 0.1) is 5.92 Å². The number of rotatable bonds is 4. The molecule has 1 fully saturated rings. The topological polar surface area (TPSA) is 29.1 Å². The maximum Gasteiger partial charge on any atom is 0.0388 e. The predicted octanol–water partition coefficient (Wildman–Crippen LogP) is 1.53. The Kier molecular flexibility index (Phi) is 4.39. The standard InChI is InChI=1S/C10H21NOS/c1-4-11-9-6-7-10(8(9)3)13(12)5-2/h8-11H,4-7H2,1-3H3.